The Kier molecular flexibility index (Phi) is 7.24. The predicted octanol–water partition coefficient (Wildman–Crippen LogP) is 6.98. The van der Waals surface area contributed by atoms with Gasteiger partial charge in [-0.1, -0.05) is 48.0 Å². The average molecular weight is 492 g/mol. The van der Waals surface area contributed by atoms with Crippen LogP contribution in [-0.4, -0.2) is 5.91 Å². The second-order valence-corrected chi connectivity index (χ2v) is 10.1. The quantitative estimate of drug-likeness (QED) is 0.390. The molecule has 0 saturated heterocycles. The fourth-order valence-corrected chi connectivity index (χ4v) is 5.72. The van der Waals surface area contributed by atoms with Gasteiger partial charge in [0, 0.05) is 32.6 Å². The van der Waals surface area contributed by atoms with E-state index in [1.54, 1.807) is 23.1 Å². The molecule has 2 N–H and O–H groups in total. The van der Waals surface area contributed by atoms with Crippen molar-refractivity contribution in [2.24, 2.45) is 0 Å². The van der Waals surface area contributed by atoms with Crippen LogP contribution in [0.3, 0.4) is 0 Å². The van der Waals surface area contributed by atoms with Crippen LogP contribution in [0.1, 0.15) is 28.8 Å². The molecule has 1 aromatic heterocycles. The predicted molar refractivity (Wildman–Crippen MR) is 138 cm³/mol. The summed E-state index contributed by atoms with van der Waals surface area (Å²) in [5, 5.41) is 20.0. The van der Waals surface area contributed by atoms with E-state index in [-0.39, 0.29) is 5.91 Å². The van der Waals surface area contributed by atoms with Crippen molar-refractivity contribution in [3.05, 3.63) is 109 Å². The monoisotopic (exact) mass is 491 g/mol. The normalized spacial score (nSPS) is 15.8. The van der Waals surface area contributed by atoms with Gasteiger partial charge in [0.15, 0.2) is 0 Å². The third-order valence-corrected chi connectivity index (χ3v) is 7.69. The lowest BCUT2D eigenvalue weighted by molar-refractivity contribution is -0.113. The number of anilines is 1. The topological polar surface area (TPSA) is 64.9 Å². The zero-order valence-corrected chi connectivity index (χ0v) is 20.6. The van der Waals surface area contributed by atoms with Gasteiger partial charge in [-0.05, 0) is 54.6 Å². The molecular formula is C26H22ClN3OS2. The van der Waals surface area contributed by atoms with Gasteiger partial charge in [-0.15, -0.1) is 23.1 Å². The number of allylic oxidation sites excluding steroid dienone is 2. The first-order valence-electron chi connectivity index (χ1n) is 10.4. The molecule has 1 aliphatic heterocycles. The first kappa shape index (κ1) is 23.2. The Morgan fingerprint density at radius 2 is 1.91 bits per heavy atom. The van der Waals surface area contributed by atoms with Gasteiger partial charge >= 0.3 is 0 Å². The molecule has 0 aliphatic carbocycles. The van der Waals surface area contributed by atoms with Gasteiger partial charge in [-0.25, -0.2) is 0 Å². The van der Waals surface area contributed by atoms with Crippen LogP contribution in [0.2, 0.25) is 5.02 Å². The molecule has 0 radical (unpaired) electrons. The molecule has 4 nitrogen and oxygen atoms in total. The summed E-state index contributed by atoms with van der Waals surface area (Å²) < 4.78 is 0. The molecule has 33 heavy (non-hydrogen) atoms. The standard InChI is InChI=1S/C26H22ClN3OS2/c1-16-6-3-4-7-21(16)30-25(31)23-17(2)29-26(33-15-18-9-11-19(27)12-10-18)20(14-28)24(23)22-8-5-13-32-22/h3-13,24,29H,15H2,1-2H3,(H,30,31). The number of nitrogens with one attached hydrogen (secondary N) is 2. The highest BCUT2D eigenvalue weighted by molar-refractivity contribution is 8.02. The number of aryl methyl sites for hydroxylation is 1. The molecule has 1 aliphatic rings. The molecule has 2 aromatic carbocycles. The van der Waals surface area contributed by atoms with Crippen LogP contribution in [0.4, 0.5) is 5.69 Å². The van der Waals surface area contributed by atoms with E-state index in [1.807, 2.05) is 79.9 Å². The van der Waals surface area contributed by atoms with Crippen LogP contribution in [-0.2, 0) is 10.5 Å². The van der Waals surface area contributed by atoms with E-state index >= 15 is 0 Å². The van der Waals surface area contributed by atoms with Gasteiger partial charge in [0.05, 0.1) is 22.6 Å². The minimum absolute atomic E-state index is 0.206. The highest BCUT2D eigenvalue weighted by Crippen LogP contribution is 2.43. The molecule has 1 unspecified atom stereocenters. The SMILES string of the molecule is CC1=C(C(=O)Nc2ccccc2C)C(c2cccs2)C(C#N)=C(SCc2ccc(Cl)cc2)N1. The minimum Gasteiger partial charge on any atom is -0.353 e. The van der Waals surface area contributed by atoms with Gasteiger partial charge in [0.1, 0.15) is 0 Å². The minimum atomic E-state index is -0.423. The Labute approximate surface area is 207 Å². The van der Waals surface area contributed by atoms with Crippen molar-refractivity contribution in [3.8, 4) is 6.07 Å². The highest BCUT2D eigenvalue weighted by atomic mass is 35.5. The molecule has 0 bridgehead atoms. The number of carbonyl (C=O) groups is 1. The number of halogens is 1. The third kappa shape index (κ3) is 5.17. The van der Waals surface area contributed by atoms with Crippen molar-refractivity contribution in [1.82, 2.24) is 5.32 Å². The first-order valence-corrected chi connectivity index (χ1v) is 12.6. The third-order valence-electron chi connectivity index (χ3n) is 5.41. The van der Waals surface area contributed by atoms with E-state index in [0.717, 1.165) is 32.4 Å². The number of hydrogen-bond donors (Lipinski definition) is 2. The highest BCUT2D eigenvalue weighted by Gasteiger charge is 2.35. The smallest absolute Gasteiger partial charge is 0.254 e. The molecule has 1 amide bonds. The number of thiophene rings is 1. The second-order valence-electron chi connectivity index (χ2n) is 7.65. The van der Waals surface area contributed by atoms with Crippen LogP contribution >= 0.6 is 34.7 Å². The molecule has 3 aromatic rings. The number of dihydropyridines is 1. The summed E-state index contributed by atoms with van der Waals surface area (Å²) in [6.45, 7) is 3.85. The van der Waals surface area contributed by atoms with Gasteiger partial charge in [0.2, 0.25) is 0 Å². The van der Waals surface area contributed by atoms with Crippen molar-refractivity contribution in [3.63, 3.8) is 0 Å². The molecule has 4 rings (SSSR count). The van der Waals surface area contributed by atoms with E-state index in [2.05, 4.69) is 16.7 Å². The van der Waals surface area contributed by atoms with Gasteiger partial charge in [-0.2, -0.15) is 5.26 Å². The number of nitriles is 1. The van der Waals surface area contributed by atoms with Crippen molar-refractivity contribution in [2.45, 2.75) is 25.5 Å². The fourth-order valence-electron chi connectivity index (χ4n) is 3.71. The Hall–Kier alpha value is -2.98. The van der Waals surface area contributed by atoms with Crippen molar-refractivity contribution in [2.75, 3.05) is 5.32 Å². The summed E-state index contributed by atoms with van der Waals surface area (Å²) in [4.78, 5) is 14.4. The van der Waals surface area contributed by atoms with Crippen molar-refractivity contribution < 1.29 is 4.79 Å². The summed E-state index contributed by atoms with van der Waals surface area (Å²) >= 11 is 9.10. The largest absolute Gasteiger partial charge is 0.353 e. The van der Waals surface area contributed by atoms with Crippen LogP contribution in [0.5, 0.6) is 0 Å². The number of rotatable bonds is 6. The number of para-hydroxylation sites is 1. The maximum absolute atomic E-state index is 13.5. The Bertz CT molecular complexity index is 1270. The van der Waals surface area contributed by atoms with Gasteiger partial charge in [-0.3, -0.25) is 4.79 Å². The summed E-state index contributed by atoms with van der Waals surface area (Å²) in [5.41, 5.74) is 4.71. The lowest BCUT2D eigenvalue weighted by atomic mass is 9.86. The number of amides is 1. The molecule has 7 heteroatoms. The number of nitrogens with zero attached hydrogens (tertiary/aromatic N) is 1. The Morgan fingerprint density at radius 3 is 2.58 bits per heavy atom. The molecule has 2 heterocycles. The van der Waals surface area contributed by atoms with Crippen molar-refractivity contribution >= 4 is 46.3 Å². The van der Waals surface area contributed by atoms with E-state index in [0.29, 0.717) is 21.9 Å². The van der Waals surface area contributed by atoms with Crippen LogP contribution in [0, 0.1) is 18.3 Å². The van der Waals surface area contributed by atoms with Gasteiger partial charge in [0.25, 0.3) is 5.91 Å². The Balaban J connectivity index is 1.67. The zero-order valence-electron chi connectivity index (χ0n) is 18.2. The van der Waals surface area contributed by atoms with E-state index in [4.69, 9.17) is 11.6 Å². The number of carbonyl (C=O) groups excluding carboxylic acids is 1. The summed E-state index contributed by atoms with van der Waals surface area (Å²) in [5.74, 6) is 0.0510. The number of thioether (sulfide) groups is 1. The molecule has 0 spiro atoms. The van der Waals surface area contributed by atoms with Gasteiger partial charge < -0.3 is 10.6 Å². The average Bonchev–Trinajstić information content (AvgIpc) is 3.34. The maximum Gasteiger partial charge on any atom is 0.254 e. The van der Waals surface area contributed by atoms with E-state index in [1.165, 1.54) is 0 Å². The molecule has 166 valence electrons. The lowest BCUT2D eigenvalue weighted by Gasteiger charge is -2.29. The molecule has 1 atom stereocenters. The summed E-state index contributed by atoms with van der Waals surface area (Å²) in [7, 11) is 0. The molecule has 0 fully saturated rings. The van der Waals surface area contributed by atoms with Crippen LogP contribution in [0.25, 0.3) is 0 Å². The molecular weight excluding hydrogens is 470 g/mol. The first-order chi connectivity index (χ1) is 16.0. The lowest BCUT2D eigenvalue weighted by Crippen LogP contribution is -2.30. The summed E-state index contributed by atoms with van der Waals surface area (Å²) in [6, 6.07) is 21.7. The van der Waals surface area contributed by atoms with Crippen LogP contribution < -0.4 is 10.6 Å². The van der Waals surface area contributed by atoms with E-state index in [9.17, 15) is 10.1 Å². The maximum atomic E-state index is 13.5. The van der Waals surface area contributed by atoms with Crippen molar-refractivity contribution in [1.29, 1.82) is 5.26 Å². The number of hydrogen-bond acceptors (Lipinski definition) is 5. The zero-order chi connectivity index (χ0) is 23.4. The van der Waals surface area contributed by atoms with E-state index < -0.39 is 5.92 Å². The Morgan fingerprint density at radius 1 is 1.15 bits per heavy atom. The fraction of sp³-hybridized carbons (Fsp3) is 0.154. The number of benzene rings is 2. The van der Waals surface area contributed by atoms with Crippen LogP contribution in [0.15, 0.2) is 87.9 Å². The summed E-state index contributed by atoms with van der Waals surface area (Å²) in [6.07, 6.45) is 0. The second kappa shape index (κ2) is 10.3. The molecule has 0 saturated carbocycles.